The Morgan fingerprint density at radius 1 is 1.33 bits per heavy atom. The average molecular weight is 254 g/mol. The Balaban J connectivity index is 2.28. The molecule has 0 bridgehead atoms. The number of hydrogen-bond donors (Lipinski definition) is 1. The molecule has 0 unspecified atom stereocenters. The second-order valence-electron chi connectivity index (χ2n) is 5.17. The van der Waals surface area contributed by atoms with E-state index in [4.69, 9.17) is 0 Å². The molecule has 1 aromatic carbocycles. The van der Waals surface area contributed by atoms with Crippen LogP contribution in [0.25, 0.3) is 0 Å². The lowest BCUT2D eigenvalue weighted by molar-refractivity contribution is 0.00389. The molecule has 1 aliphatic rings. The molecular weight excluding hydrogens is 238 g/mol. The lowest BCUT2D eigenvalue weighted by atomic mass is 9.76. The Kier molecular flexibility index (Phi) is 3.48. The molecule has 0 heterocycles. The summed E-state index contributed by atoms with van der Waals surface area (Å²) in [5, 5.41) is 10.3. The molecule has 0 saturated heterocycles. The third-order valence-electron chi connectivity index (χ3n) is 3.70. The van der Waals surface area contributed by atoms with Crippen LogP contribution < -0.4 is 0 Å². The Bertz CT molecular complexity index is 463. The van der Waals surface area contributed by atoms with Crippen LogP contribution in [0.1, 0.15) is 43.0 Å². The average Bonchev–Trinajstić information content (AvgIpc) is 2.35. The van der Waals surface area contributed by atoms with Crippen LogP contribution in [-0.4, -0.2) is 16.5 Å². The van der Waals surface area contributed by atoms with E-state index in [0.717, 1.165) is 31.0 Å². The summed E-state index contributed by atoms with van der Waals surface area (Å²) >= 11 is 0. The summed E-state index contributed by atoms with van der Waals surface area (Å²) in [7, 11) is 0. The zero-order valence-corrected chi connectivity index (χ0v) is 10.2. The molecule has 0 radical (unpaired) electrons. The summed E-state index contributed by atoms with van der Waals surface area (Å²) in [6, 6.07) is 2.73. The number of benzene rings is 1. The van der Waals surface area contributed by atoms with E-state index in [2.05, 4.69) is 0 Å². The van der Waals surface area contributed by atoms with E-state index in [1.54, 1.807) is 0 Å². The molecule has 98 valence electrons. The zero-order valence-electron chi connectivity index (χ0n) is 10.2. The van der Waals surface area contributed by atoms with Gasteiger partial charge in [0.2, 0.25) is 0 Å². The first-order valence-corrected chi connectivity index (χ1v) is 6.14. The highest BCUT2D eigenvalue weighted by Crippen LogP contribution is 2.34. The Morgan fingerprint density at radius 2 is 1.94 bits per heavy atom. The lowest BCUT2D eigenvalue weighted by Crippen LogP contribution is -2.42. The van der Waals surface area contributed by atoms with Crippen molar-refractivity contribution in [3.63, 3.8) is 0 Å². The van der Waals surface area contributed by atoms with E-state index in [0.29, 0.717) is 18.8 Å². The maximum absolute atomic E-state index is 13.5. The molecule has 0 spiro atoms. The number of Topliss-reactive ketones (excluding diaryl/α,β-unsaturated/α-hetero) is 1. The van der Waals surface area contributed by atoms with Gasteiger partial charge in [-0.15, -0.1) is 0 Å². The van der Waals surface area contributed by atoms with Gasteiger partial charge in [-0.3, -0.25) is 4.79 Å². The number of rotatable bonds is 2. The minimum absolute atomic E-state index is 0.308. The van der Waals surface area contributed by atoms with E-state index < -0.39 is 23.0 Å². The van der Waals surface area contributed by atoms with Crippen molar-refractivity contribution in [2.24, 2.45) is 5.92 Å². The van der Waals surface area contributed by atoms with Crippen LogP contribution in [0, 0.1) is 17.6 Å². The fourth-order valence-electron chi connectivity index (χ4n) is 2.39. The number of hydrogen-bond acceptors (Lipinski definition) is 2. The summed E-state index contributed by atoms with van der Waals surface area (Å²) in [6.07, 6.45) is 2.06. The second-order valence-corrected chi connectivity index (χ2v) is 5.17. The molecule has 2 rings (SSSR count). The van der Waals surface area contributed by atoms with Gasteiger partial charge in [0.25, 0.3) is 0 Å². The molecule has 4 heteroatoms. The molecule has 1 aromatic rings. The van der Waals surface area contributed by atoms with Gasteiger partial charge < -0.3 is 5.11 Å². The summed E-state index contributed by atoms with van der Waals surface area (Å²) in [4.78, 5) is 12.1. The highest BCUT2D eigenvalue weighted by Gasteiger charge is 2.40. The summed E-state index contributed by atoms with van der Waals surface area (Å²) in [6.45, 7) is 2.05. The molecular formula is C14H16F2O2. The van der Waals surface area contributed by atoms with Crippen molar-refractivity contribution in [2.75, 3.05) is 0 Å². The second kappa shape index (κ2) is 4.76. The van der Waals surface area contributed by atoms with Gasteiger partial charge in [0, 0.05) is 0 Å². The fourth-order valence-corrected chi connectivity index (χ4v) is 2.39. The lowest BCUT2D eigenvalue weighted by Gasteiger charge is -2.33. The normalized spacial score (nSPS) is 28.1. The monoisotopic (exact) mass is 254 g/mol. The summed E-state index contributed by atoms with van der Waals surface area (Å²) < 4.78 is 26.6. The zero-order chi connectivity index (χ0) is 13.3. The van der Waals surface area contributed by atoms with Gasteiger partial charge in [-0.25, -0.2) is 8.78 Å². The highest BCUT2D eigenvalue weighted by atomic mass is 19.1. The molecule has 18 heavy (non-hydrogen) atoms. The van der Waals surface area contributed by atoms with Gasteiger partial charge in [0.1, 0.15) is 17.2 Å². The van der Waals surface area contributed by atoms with Crippen LogP contribution in [-0.2, 0) is 0 Å². The molecule has 1 aliphatic carbocycles. The van der Waals surface area contributed by atoms with Crippen molar-refractivity contribution in [1.82, 2.24) is 0 Å². The Labute approximate surface area is 105 Å². The molecule has 0 aromatic heterocycles. The van der Waals surface area contributed by atoms with Gasteiger partial charge in [-0.2, -0.15) is 0 Å². The molecule has 0 atom stereocenters. The molecule has 1 N–H and O–H groups in total. The third-order valence-corrected chi connectivity index (χ3v) is 3.70. The highest BCUT2D eigenvalue weighted by molar-refractivity contribution is 6.02. The van der Waals surface area contributed by atoms with Gasteiger partial charge in [0.15, 0.2) is 5.78 Å². The van der Waals surface area contributed by atoms with Crippen molar-refractivity contribution >= 4 is 5.78 Å². The fraction of sp³-hybridized carbons (Fsp3) is 0.500. The van der Waals surface area contributed by atoms with Crippen molar-refractivity contribution in [3.8, 4) is 0 Å². The van der Waals surface area contributed by atoms with E-state index in [1.807, 2.05) is 6.92 Å². The van der Waals surface area contributed by atoms with E-state index in [9.17, 15) is 18.7 Å². The smallest absolute Gasteiger partial charge is 0.197 e. The molecule has 2 nitrogen and oxygen atoms in total. The van der Waals surface area contributed by atoms with Gasteiger partial charge in [-0.05, 0) is 49.8 Å². The number of ketones is 1. The van der Waals surface area contributed by atoms with Crippen molar-refractivity contribution < 1.29 is 18.7 Å². The number of carbonyl (C=O) groups excluding carboxylic acids is 1. The van der Waals surface area contributed by atoms with E-state index in [-0.39, 0.29) is 5.56 Å². The maximum atomic E-state index is 13.5. The minimum atomic E-state index is -1.54. The molecule has 1 saturated carbocycles. The van der Waals surface area contributed by atoms with Crippen LogP contribution in [0.4, 0.5) is 8.78 Å². The van der Waals surface area contributed by atoms with Crippen LogP contribution in [0.5, 0.6) is 0 Å². The van der Waals surface area contributed by atoms with Crippen LogP contribution >= 0.6 is 0 Å². The standard InChI is InChI=1S/C14H16F2O2/c1-9-4-6-14(18,7-5-9)13(17)11-8-10(15)2-3-12(11)16/h2-3,8-9,18H,4-7H2,1H3. The molecule has 1 fully saturated rings. The Hall–Kier alpha value is -1.29. The van der Waals surface area contributed by atoms with Crippen LogP contribution in [0.15, 0.2) is 18.2 Å². The SMILES string of the molecule is CC1CCC(O)(C(=O)c2cc(F)ccc2F)CC1. The first-order chi connectivity index (χ1) is 8.42. The predicted octanol–water partition coefficient (Wildman–Crippen LogP) is 3.09. The quantitative estimate of drug-likeness (QED) is 0.823. The van der Waals surface area contributed by atoms with Crippen LogP contribution in [0.2, 0.25) is 0 Å². The van der Waals surface area contributed by atoms with Crippen molar-refractivity contribution in [2.45, 2.75) is 38.2 Å². The van der Waals surface area contributed by atoms with Crippen molar-refractivity contribution in [1.29, 1.82) is 0 Å². The van der Waals surface area contributed by atoms with E-state index in [1.165, 1.54) is 0 Å². The van der Waals surface area contributed by atoms with Crippen molar-refractivity contribution in [3.05, 3.63) is 35.4 Å². The molecule has 0 aliphatic heterocycles. The topological polar surface area (TPSA) is 37.3 Å². The van der Waals surface area contributed by atoms with E-state index >= 15 is 0 Å². The van der Waals surface area contributed by atoms with Gasteiger partial charge in [0.05, 0.1) is 5.56 Å². The number of carbonyl (C=O) groups is 1. The largest absolute Gasteiger partial charge is 0.382 e. The predicted molar refractivity (Wildman–Crippen MR) is 63.3 cm³/mol. The first-order valence-electron chi connectivity index (χ1n) is 6.14. The summed E-state index contributed by atoms with van der Waals surface area (Å²) in [5.41, 5.74) is -1.90. The van der Waals surface area contributed by atoms with Gasteiger partial charge >= 0.3 is 0 Å². The van der Waals surface area contributed by atoms with Gasteiger partial charge in [-0.1, -0.05) is 6.92 Å². The summed E-state index contributed by atoms with van der Waals surface area (Å²) in [5.74, 6) is -1.71. The first kappa shape index (κ1) is 13.1. The maximum Gasteiger partial charge on any atom is 0.197 e. The number of aliphatic hydroxyl groups is 1. The Morgan fingerprint density at radius 3 is 2.56 bits per heavy atom. The minimum Gasteiger partial charge on any atom is -0.382 e. The third kappa shape index (κ3) is 2.43. The molecule has 0 amide bonds. The van der Waals surface area contributed by atoms with Crippen LogP contribution in [0.3, 0.4) is 0 Å². The number of halogens is 2.